The molecule has 2 aliphatic rings. The molecule has 4 atom stereocenters. The molecule has 2 aliphatic carbocycles. The molecule has 4 nitrogen and oxygen atoms in total. The van der Waals surface area contributed by atoms with Crippen molar-refractivity contribution in [1.29, 1.82) is 0 Å². The van der Waals surface area contributed by atoms with Crippen molar-refractivity contribution in [3.05, 3.63) is 42.0 Å². The number of aliphatic carboxylic acids is 1. The number of halogens is 2. The van der Waals surface area contributed by atoms with Crippen molar-refractivity contribution in [2.45, 2.75) is 6.42 Å². The van der Waals surface area contributed by atoms with Gasteiger partial charge in [-0.3, -0.25) is 9.59 Å². The van der Waals surface area contributed by atoms with Crippen LogP contribution in [0, 0.1) is 35.3 Å². The number of rotatable bonds is 3. The molecule has 1 aromatic rings. The van der Waals surface area contributed by atoms with Gasteiger partial charge in [-0.15, -0.1) is 0 Å². The molecule has 6 heteroatoms. The van der Waals surface area contributed by atoms with Crippen molar-refractivity contribution >= 4 is 17.6 Å². The van der Waals surface area contributed by atoms with Gasteiger partial charge < -0.3 is 10.4 Å². The fraction of sp³-hybridized carbons (Fsp3) is 0.333. The zero-order valence-electron chi connectivity index (χ0n) is 10.9. The smallest absolute Gasteiger partial charge is 0.307 e. The second-order valence-corrected chi connectivity index (χ2v) is 5.45. The summed E-state index contributed by atoms with van der Waals surface area (Å²) in [7, 11) is 0. The van der Waals surface area contributed by atoms with E-state index in [1.807, 2.05) is 12.2 Å². The van der Waals surface area contributed by atoms with Crippen molar-refractivity contribution in [1.82, 2.24) is 0 Å². The minimum absolute atomic E-state index is 0.160. The summed E-state index contributed by atoms with van der Waals surface area (Å²) in [5.41, 5.74) is -0.268. The van der Waals surface area contributed by atoms with E-state index in [4.69, 9.17) is 0 Å². The fourth-order valence-corrected chi connectivity index (χ4v) is 3.33. The fourth-order valence-electron chi connectivity index (χ4n) is 3.33. The van der Waals surface area contributed by atoms with Crippen molar-refractivity contribution in [2.24, 2.45) is 23.7 Å². The van der Waals surface area contributed by atoms with E-state index in [0.29, 0.717) is 6.42 Å². The standard InChI is InChI=1S/C15H13F2NO3/c16-9-3-4-10(17)11(6-9)18-14(19)12-7-1-2-8(5-7)13(12)15(20)21/h1-4,6-8,12-13H,5H2,(H,18,19)(H,20,21)/t7-,8+,12+,13+/m1/s1. The normalized spacial score (nSPS) is 29.6. The number of benzene rings is 1. The third kappa shape index (κ3) is 2.30. The molecule has 0 aliphatic heterocycles. The van der Waals surface area contributed by atoms with Crippen LogP contribution in [0.5, 0.6) is 0 Å². The van der Waals surface area contributed by atoms with E-state index >= 15 is 0 Å². The highest BCUT2D eigenvalue weighted by molar-refractivity contribution is 5.96. The Balaban J connectivity index is 1.83. The number of carboxylic acids is 1. The van der Waals surface area contributed by atoms with Gasteiger partial charge in [-0.2, -0.15) is 0 Å². The molecule has 2 bridgehead atoms. The third-order valence-corrected chi connectivity index (χ3v) is 4.23. The Morgan fingerprint density at radius 2 is 1.81 bits per heavy atom. The first-order valence-electron chi connectivity index (χ1n) is 6.64. The number of carboxylic acid groups (broad SMARTS) is 1. The van der Waals surface area contributed by atoms with E-state index in [-0.39, 0.29) is 17.5 Å². The van der Waals surface area contributed by atoms with Crippen LogP contribution in [0.15, 0.2) is 30.4 Å². The highest BCUT2D eigenvalue weighted by Crippen LogP contribution is 2.48. The van der Waals surface area contributed by atoms with Gasteiger partial charge in [0.1, 0.15) is 11.6 Å². The quantitative estimate of drug-likeness (QED) is 0.841. The molecule has 1 amide bonds. The number of amides is 1. The number of fused-ring (bicyclic) bond motifs is 2. The van der Waals surface area contributed by atoms with E-state index in [2.05, 4.69) is 5.32 Å². The maximum Gasteiger partial charge on any atom is 0.307 e. The van der Waals surface area contributed by atoms with Crippen LogP contribution in [0.4, 0.5) is 14.5 Å². The molecule has 2 N–H and O–H groups in total. The van der Waals surface area contributed by atoms with Crippen LogP contribution in [-0.4, -0.2) is 17.0 Å². The summed E-state index contributed by atoms with van der Waals surface area (Å²) < 4.78 is 26.7. The summed E-state index contributed by atoms with van der Waals surface area (Å²) in [4.78, 5) is 23.6. The summed E-state index contributed by atoms with van der Waals surface area (Å²) in [6, 6.07) is 2.75. The minimum Gasteiger partial charge on any atom is -0.481 e. The molecule has 110 valence electrons. The second kappa shape index (κ2) is 4.95. The maximum atomic E-state index is 13.5. The summed E-state index contributed by atoms with van der Waals surface area (Å²) in [5.74, 6) is -4.93. The van der Waals surface area contributed by atoms with Crippen LogP contribution < -0.4 is 5.32 Å². The van der Waals surface area contributed by atoms with Crippen molar-refractivity contribution in [3.8, 4) is 0 Å². The highest BCUT2D eigenvalue weighted by atomic mass is 19.1. The van der Waals surface area contributed by atoms with E-state index in [1.165, 1.54) is 0 Å². The van der Waals surface area contributed by atoms with Gasteiger partial charge in [-0.1, -0.05) is 12.2 Å². The lowest BCUT2D eigenvalue weighted by Gasteiger charge is -2.23. The molecule has 0 saturated heterocycles. The lowest BCUT2D eigenvalue weighted by Crippen LogP contribution is -2.36. The first-order chi connectivity index (χ1) is 9.97. The largest absolute Gasteiger partial charge is 0.481 e. The lowest BCUT2D eigenvalue weighted by molar-refractivity contribution is -0.146. The molecule has 1 aromatic carbocycles. The van der Waals surface area contributed by atoms with Gasteiger partial charge in [0.25, 0.3) is 0 Å². The van der Waals surface area contributed by atoms with Crippen molar-refractivity contribution in [3.63, 3.8) is 0 Å². The molecule has 0 heterocycles. The van der Waals surface area contributed by atoms with Gasteiger partial charge in [-0.05, 0) is 30.4 Å². The van der Waals surface area contributed by atoms with Crippen LogP contribution in [0.25, 0.3) is 0 Å². The monoisotopic (exact) mass is 293 g/mol. The molecule has 1 saturated carbocycles. The van der Waals surface area contributed by atoms with E-state index in [0.717, 1.165) is 18.2 Å². The highest BCUT2D eigenvalue weighted by Gasteiger charge is 2.51. The average Bonchev–Trinajstić information content (AvgIpc) is 3.03. The maximum absolute atomic E-state index is 13.5. The number of nitrogens with one attached hydrogen (secondary N) is 1. The molecule has 0 aromatic heterocycles. The third-order valence-electron chi connectivity index (χ3n) is 4.23. The number of hydrogen-bond acceptors (Lipinski definition) is 2. The van der Waals surface area contributed by atoms with Gasteiger partial charge in [0.2, 0.25) is 5.91 Å². The molecule has 0 spiro atoms. The number of hydrogen-bond donors (Lipinski definition) is 2. The Bertz CT molecular complexity index is 644. The first kappa shape index (κ1) is 13.7. The minimum atomic E-state index is -1.04. The Morgan fingerprint density at radius 3 is 2.48 bits per heavy atom. The van der Waals surface area contributed by atoms with Crippen LogP contribution in [0.2, 0.25) is 0 Å². The van der Waals surface area contributed by atoms with Crippen LogP contribution in [0.3, 0.4) is 0 Å². The van der Waals surface area contributed by atoms with Crippen molar-refractivity contribution in [2.75, 3.05) is 5.32 Å². The molecule has 3 rings (SSSR count). The predicted octanol–water partition coefficient (Wildman–Crippen LogP) is 2.43. The summed E-state index contributed by atoms with van der Waals surface area (Å²) >= 11 is 0. The summed E-state index contributed by atoms with van der Waals surface area (Å²) in [6.07, 6.45) is 4.26. The molecule has 21 heavy (non-hydrogen) atoms. The van der Waals surface area contributed by atoms with Gasteiger partial charge >= 0.3 is 5.97 Å². The van der Waals surface area contributed by atoms with Crippen LogP contribution >= 0.6 is 0 Å². The first-order valence-corrected chi connectivity index (χ1v) is 6.64. The van der Waals surface area contributed by atoms with E-state index < -0.39 is 35.3 Å². The van der Waals surface area contributed by atoms with Crippen LogP contribution in [0.1, 0.15) is 6.42 Å². The number of carbonyl (C=O) groups excluding carboxylic acids is 1. The number of allylic oxidation sites excluding steroid dienone is 2. The SMILES string of the molecule is O=C(Nc1cc(F)ccc1F)[C@@H]1[C@@H](C(=O)O)[C@H]2C=C[C@@H]1C2. The summed E-state index contributed by atoms with van der Waals surface area (Å²) in [5, 5.41) is 11.6. The predicted molar refractivity (Wildman–Crippen MR) is 70.3 cm³/mol. The topological polar surface area (TPSA) is 66.4 Å². The van der Waals surface area contributed by atoms with Gasteiger partial charge in [-0.25, -0.2) is 8.78 Å². The Labute approximate surface area is 119 Å². The van der Waals surface area contributed by atoms with Gasteiger partial charge in [0, 0.05) is 6.07 Å². The average molecular weight is 293 g/mol. The van der Waals surface area contributed by atoms with Crippen molar-refractivity contribution < 1.29 is 23.5 Å². The molecular weight excluding hydrogens is 280 g/mol. The zero-order chi connectivity index (χ0) is 15.1. The van der Waals surface area contributed by atoms with E-state index in [9.17, 15) is 23.5 Å². The van der Waals surface area contributed by atoms with Gasteiger partial charge in [0.15, 0.2) is 0 Å². The number of carbonyl (C=O) groups is 2. The summed E-state index contributed by atoms with van der Waals surface area (Å²) in [6.45, 7) is 0. The molecular formula is C15H13F2NO3. The lowest BCUT2D eigenvalue weighted by atomic mass is 9.82. The van der Waals surface area contributed by atoms with Crippen LogP contribution in [-0.2, 0) is 9.59 Å². The molecule has 1 fully saturated rings. The molecule has 0 radical (unpaired) electrons. The van der Waals surface area contributed by atoms with Gasteiger partial charge in [0.05, 0.1) is 17.5 Å². The molecule has 0 unspecified atom stereocenters. The Kier molecular flexibility index (Phi) is 3.23. The number of anilines is 1. The zero-order valence-corrected chi connectivity index (χ0v) is 10.9. The Morgan fingerprint density at radius 1 is 1.14 bits per heavy atom. The Hall–Kier alpha value is -2.24. The second-order valence-electron chi connectivity index (χ2n) is 5.45. The van der Waals surface area contributed by atoms with E-state index in [1.54, 1.807) is 0 Å².